The Kier molecular flexibility index (Phi) is 5.29. The fraction of sp³-hybridized carbons (Fsp3) is 0.400. The topological polar surface area (TPSA) is 51.7 Å². The molecule has 4 rings (SSSR count). The summed E-state index contributed by atoms with van der Waals surface area (Å²) in [7, 11) is 3.32. The summed E-state index contributed by atoms with van der Waals surface area (Å²) in [6.07, 6.45) is 3.97. The molecule has 3 aromatic rings. The minimum Gasteiger partial charge on any atom is -0.493 e. The van der Waals surface area contributed by atoms with E-state index in [1.54, 1.807) is 20.4 Å². The molecule has 7 heteroatoms. The van der Waals surface area contributed by atoms with Crippen LogP contribution in [0.4, 0.5) is 0 Å². The largest absolute Gasteiger partial charge is 0.493 e. The van der Waals surface area contributed by atoms with Crippen molar-refractivity contribution in [2.45, 2.75) is 6.54 Å². The van der Waals surface area contributed by atoms with Gasteiger partial charge in [0.25, 0.3) is 0 Å². The van der Waals surface area contributed by atoms with Crippen molar-refractivity contribution < 1.29 is 14.2 Å². The van der Waals surface area contributed by atoms with Gasteiger partial charge in [-0.25, -0.2) is 0 Å². The second-order valence-electron chi connectivity index (χ2n) is 6.65. The van der Waals surface area contributed by atoms with Gasteiger partial charge >= 0.3 is 0 Å². The van der Waals surface area contributed by atoms with Crippen molar-refractivity contribution >= 4 is 22.5 Å². The molecule has 6 nitrogen and oxygen atoms in total. The number of aromatic nitrogens is 2. The number of nitrogens with one attached hydrogen (secondary N) is 1. The molecule has 0 amide bonds. The molecule has 1 aliphatic rings. The average molecular weight is 390 g/mol. The molecule has 2 aromatic heterocycles. The Hall–Kier alpha value is -2.15. The Morgan fingerprint density at radius 3 is 2.48 bits per heavy atom. The molecule has 0 spiro atoms. The third kappa shape index (κ3) is 3.65. The van der Waals surface area contributed by atoms with E-state index >= 15 is 0 Å². The van der Waals surface area contributed by atoms with E-state index in [2.05, 4.69) is 20.6 Å². The van der Waals surface area contributed by atoms with Gasteiger partial charge in [-0.05, 0) is 12.1 Å². The molecule has 1 aliphatic heterocycles. The molecule has 0 saturated carbocycles. The Labute approximate surface area is 163 Å². The fourth-order valence-electron chi connectivity index (χ4n) is 3.61. The van der Waals surface area contributed by atoms with Crippen LogP contribution in [0.1, 0.15) is 0 Å². The van der Waals surface area contributed by atoms with Crippen LogP contribution in [0.15, 0.2) is 30.6 Å². The average Bonchev–Trinajstić information content (AvgIpc) is 3.29. The molecule has 0 bridgehead atoms. The normalized spacial score (nSPS) is 15.4. The van der Waals surface area contributed by atoms with Gasteiger partial charge in [0.05, 0.1) is 38.0 Å². The van der Waals surface area contributed by atoms with Crippen molar-refractivity contribution in [1.29, 1.82) is 0 Å². The van der Waals surface area contributed by atoms with Gasteiger partial charge in [0, 0.05) is 61.3 Å². The van der Waals surface area contributed by atoms with Crippen LogP contribution in [0, 0.1) is 0 Å². The van der Waals surface area contributed by atoms with Gasteiger partial charge in [-0.15, -0.1) is 0 Å². The third-order valence-corrected chi connectivity index (χ3v) is 5.30. The summed E-state index contributed by atoms with van der Waals surface area (Å²) in [6, 6.07) is 6.02. The summed E-state index contributed by atoms with van der Waals surface area (Å²) in [5, 5.41) is 1.80. The van der Waals surface area contributed by atoms with Crippen molar-refractivity contribution in [2.24, 2.45) is 0 Å². The SMILES string of the molecule is COc1cc2c(-c3cc(Cl)c[nH]3)cn(CCN3CCOCC3)c2cc1OC. The van der Waals surface area contributed by atoms with Gasteiger partial charge in [0.2, 0.25) is 0 Å². The zero-order valence-electron chi connectivity index (χ0n) is 15.6. The van der Waals surface area contributed by atoms with E-state index in [9.17, 15) is 0 Å². The molecule has 3 heterocycles. The summed E-state index contributed by atoms with van der Waals surface area (Å²) in [5.74, 6) is 1.45. The van der Waals surface area contributed by atoms with E-state index in [0.29, 0.717) is 5.02 Å². The molecule has 144 valence electrons. The summed E-state index contributed by atoms with van der Waals surface area (Å²) < 4.78 is 18.8. The van der Waals surface area contributed by atoms with Crippen LogP contribution in [-0.2, 0) is 11.3 Å². The Bertz CT molecular complexity index is 928. The number of fused-ring (bicyclic) bond motifs is 1. The van der Waals surface area contributed by atoms with E-state index in [0.717, 1.165) is 73.1 Å². The first-order chi connectivity index (χ1) is 13.2. The number of ether oxygens (including phenoxy) is 3. The molecule has 0 radical (unpaired) electrons. The van der Waals surface area contributed by atoms with E-state index < -0.39 is 0 Å². The van der Waals surface area contributed by atoms with Gasteiger partial charge in [-0.3, -0.25) is 4.90 Å². The maximum absolute atomic E-state index is 6.14. The highest BCUT2D eigenvalue weighted by molar-refractivity contribution is 6.30. The maximum atomic E-state index is 6.14. The predicted molar refractivity (Wildman–Crippen MR) is 107 cm³/mol. The zero-order valence-corrected chi connectivity index (χ0v) is 16.4. The number of H-pyrrole nitrogens is 1. The maximum Gasteiger partial charge on any atom is 0.162 e. The molecule has 0 unspecified atom stereocenters. The number of methoxy groups -OCH3 is 2. The monoisotopic (exact) mass is 389 g/mol. The van der Waals surface area contributed by atoms with Gasteiger partial charge in [-0.2, -0.15) is 0 Å². The molecule has 1 N–H and O–H groups in total. The second kappa shape index (κ2) is 7.84. The van der Waals surface area contributed by atoms with Crippen molar-refractivity contribution in [1.82, 2.24) is 14.5 Å². The van der Waals surface area contributed by atoms with Crippen LogP contribution in [-0.4, -0.2) is 61.5 Å². The minimum absolute atomic E-state index is 0.694. The highest BCUT2D eigenvalue weighted by atomic mass is 35.5. The fourth-order valence-corrected chi connectivity index (χ4v) is 3.78. The number of hydrogen-bond acceptors (Lipinski definition) is 4. The lowest BCUT2D eigenvalue weighted by atomic mass is 10.1. The lowest BCUT2D eigenvalue weighted by molar-refractivity contribution is 0.0365. The van der Waals surface area contributed by atoms with E-state index in [1.807, 2.05) is 18.2 Å². The number of hydrogen-bond donors (Lipinski definition) is 1. The van der Waals surface area contributed by atoms with Crippen molar-refractivity contribution in [3.05, 3.63) is 35.6 Å². The molecular formula is C20H24ClN3O3. The lowest BCUT2D eigenvalue weighted by Crippen LogP contribution is -2.38. The van der Waals surface area contributed by atoms with E-state index in [1.165, 1.54) is 0 Å². The first-order valence-electron chi connectivity index (χ1n) is 9.09. The molecule has 0 aliphatic carbocycles. The quantitative estimate of drug-likeness (QED) is 0.699. The molecule has 1 saturated heterocycles. The van der Waals surface area contributed by atoms with Gasteiger partial charge in [0.15, 0.2) is 11.5 Å². The van der Waals surface area contributed by atoms with Crippen LogP contribution in [0.2, 0.25) is 5.02 Å². The smallest absolute Gasteiger partial charge is 0.162 e. The van der Waals surface area contributed by atoms with Gasteiger partial charge < -0.3 is 23.8 Å². The van der Waals surface area contributed by atoms with Crippen molar-refractivity contribution in [3.8, 4) is 22.8 Å². The van der Waals surface area contributed by atoms with Crippen LogP contribution >= 0.6 is 11.6 Å². The van der Waals surface area contributed by atoms with Crippen LogP contribution in [0.25, 0.3) is 22.2 Å². The standard InChI is InChI=1S/C20H24ClN3O3/c1-25-19-10-15-16(17-9-14(21)12-22-17)13-24(18(15)11-20(19)26-2)4-3-23-5-7-27-8-6-23/h9-13,22H,3-8H2,1-2H3. The molecule has 27 heavy (non-hydrogen) atoms. The first kappa shape index (κ1) is 18.2. The number of aromatic amines is 1. The number of morpholine rings is 1. The summed E-state index contributed by atoms with van der Waals surface area (Å²) in [4.78, 5) is 5.69. The third-order valence-electron chi connectivity index (χ3n) is 5.09. The number of benzene rings is 1. The highest BCUT2D eigenvalue weighted by Gasteiger charge is 2.17. The Morgan fingerprint density at radius 2 is 1.81 bits per heavy atom. The predicted octanol–water partition coefficient (Wildman–Crippen LogP) is 3.64. The van der Waals surface area contributed by atoms with E-state index in [-0.39, 0.29) is 0 Å². The summed E-state index contributed by atoms with van der Waals surface area (Å²) >= 11 is 6.14. The number of halogens is 1. The van der Waals surface area contributed by atoms with E-state index in [4.69, 9.17) is 25.8 Å². The van der Waals surface area contributed by atoms with Gasteiger partial charge in [0.1, 0.15) is 0 Å². The molecule has 1 aromatic carbocycles. The lowest BCUT2D eigenvalue weighted by Gasteiger charge is -2.26. The molecule has 1 fully saturated rings. The molecular weight excluding hydrogens is 366 g/mol. The van der Waals surface area contributed by atoms with Crippen LogP contribution in [0.5, 0.6) is 11.5 Å². The van der Waals surface area contributed by atoms with Crippen LogP contribution in [0.3, 0.4) is 0 Å². The zero-order chi connectivity index (χ0) is 18.8. The summed E-state index contributed by atoms with van der Waals surface area (Å²) in [6.45, 7) is 5.45. The van der Waals surface area contributed by atoms with Crippen molar-refractivity contribution in [3.63, 3.8) is 0 Å². The van der Waals surface area contributed by atoms with Crippen LogP contribution < -0.4 is 9.47 Å². The van der Waals surface area contributed by atoms with Gasteiger partial charge in [-0.1, -0.05) is 11.6 Å². The number of rotatable bonds is 6. The highest BCUT2D eigenvalue weighted by Crippen LogP contribution is 2.38. The minimum atomic E-state index is 0.694. The summed E-state index contributed by atoms with van der Waals surface area (Å²) in [5.41, 5.74) is 3.20. The Morgan fingerprint density at radius 1 is 1.07 bits per heavy atom. The van der Waals surface area contributed by atoms with Crippen molar-refractivity contribution in [2.75, 3.05) is 47.1 Å². The number of nitrogens with zero attached hydrogens (tertiary/aromatic N) is 2. The molecule has 0 atom stereocenters. The first-order valence-corrected chi connectivity index (χ1v) is 9.46. The second-order valence-corrected chi connectivity index (χ2v) is 7.08. The Balaban J connectivity index is 1.74.